The molecule has 1 aliphatic rings. The average Bonchev–Trinajstić information content (AvgIpc) is 2.87. The van der Waals surface area contributed by atoms with Gasteiger partial charge in [-0.1, -0.05) is 37.3 Å². The molecule has 0 saturated carbocycles. The lowest BCUT2D eigenvalue weighted by atomic mass is 10.2. The normalized spacial score (nSPS) is 19.1. The van der Waals surface area contributed by atoms with Crippen LogP contribution in [0.1, 0.15) is 25.3 Å². The van der Waals surface area contributed by atoms with Crippen molar-refractivity contribution in [3.8, 4) is 0 Å². The van der Waals surface area contributed by atoms with Gasteiger partial charge in [-0.2, -0.15) is 0 Å². The Bertz CT molecular complexity index is 407. The fraction of sp³-hybridized carbons (Fsp3) is 0.562. The molecule has 1 aliphatic heterocycles. The summed E-state index contributed by atoms with van der Waals surface area (Å²) in [6, 6.07) is 10.8. The van der Waals surface area contributed by atoms with E-state index in [0.29, 0.717) is 12.6 Å². The van der Waals surface area contributed by atoms with Crippen molar-refractivity contribution in [2.24, 2.45) is 0 Å². The van der Waals surface area contributed by atoms with E-state index >= 15 is 0 Å². The first-order valence-electron chi connectivity index (χ1n) is 7.54. The van der Waals surface area contributed by atoms with Crippen molar-refractivity contribution in [1.29, 1.82) is 0 Å². The van der Waals surface area contributed by atoms with Gasteiger partial charge in [-0.3, -0.25) is 9.69 Å². The number of benzene rings is 1. The Balaban J connectivity index is 1.68. The predicted molar refractivity (Wildman–Crippen MR) is 81.4 cm³/mol. The van der Waals surface area contributed by atoms with E-state index in [1.54, 1.807) is 0 Å². The molecule has 1 amide bonds. The Morgan fingerprint density at radius 3 is 2.90 bits per heavy atom. The fourth-order valence-corrected chi connectivity index (χ4v) is 2.59. The highest BCUT2D eigenvalue weighted by Crippen LogP contribution is 2.13. The maximum atomic E-state index is 11.7. The molecule has 1 saturated heterocycles. The van der Waals surface area contributed by atoms with Gasteiger partial charge in [0.25, 0.3) is 0 Å². The number of rotatable bonds is 7. The van der Waals surface area contributed by atoms with E-state index in [2.05, 4.69) is 46.7 Å². The number of hydrogen-bond acceptors (Lipinski definition) is 3. The lowest BCUT2D eigenvalue weighted by Crippen LogP contribution is -2.41. The van der Waals surface area contributed by atoms with Gasteiger partial charge >= 0.3 is 0 Å². The van der Waals surface area contributed by atoms with E-state index in [-0.39, 0.29) is 5.91 Å². The molecule has 20 heavy (non-hydrogen) atoms. The zero-order chi connectivity index (χ0) is 14.2. The molecule has 2 N–H and O–H groups in total. The largest absolute Gasteiger partial charge is 0.351 e. The molecule has 1 fully saturated rings. The predicted octanol–water partition coefficient (Wildman–Crippen LogP) is 1.38. The molecular formula is C16H25N3O. The van der Waals surface area contributed by atoms with Crippen molar-refractivity contribution in [2.75, 3.05) is 26.2 Å². The first kappa shape index (κ1) is 15.0. The van der Waals surface area contributed by atoms with Crippen LogP contribution in [0.15, 0.2) is 30.3 Å². The standard InChI is InChI=1S/C16H25N3O/c1-2-9-17-11-16(20)18-15-8-10-19(13-15)12-14-6-4-3-5-7-14/h3-7,15,17H,2,8-13H2,1H3,(H,18,20). The van der Waals surface area contributed by atoms with Crippen molar-refractivity contribution >= 4 is 5.91 Å². The summed E-state index contributed by atoms with van der Waals surface area (Å²) in [6.07, 6.45) is 2.11. The third kappa shape index (κ3) is 4.94. The molecule has 1 aromatic rings. The Hall–Kier alpha value is -1.39. The minimum absolute atomic E-state index is 0.116. The SMILES string of the molecule is CCCNCC(=O)NC1CCN(Cc2ccccc2)C1. The van der Waals surface area contributed by atoms with Crippen LogP contribution in [0, 0.1) is 0 Å². The summed E-state index contributed by atoms with van der Waals surface area (Å²) in [5.41, 5.74) is 1.34. The first-order chi connectivity index (χ1) is 9.78. The van der Waals surface area contributed by atoms with Gasteiger partial charge in [0.1, 0.15) is 0 Å². The van der Waals surface area contributed by atoms with E-state index in [4.69, 9.17) is 0 Å². The molecule has 0 radical (unpaired) electrons. The van der Waals surface area contributed by atoms with E-state index in [0.717, 1.165) is 39.0 Å². The van der Waals surface area contributed by atoms with Crippen LogP contribution in [0.25, 0.3) is 0 Å². The molecule has 4 nitrogen and oxygen atoms in total. The van der Waals surface area contributed by atoms with Crippen LogP contribution in [0.3, 0.4) is 0 Å². The number of likely N-dealkylation sites (tertiary alicyclic amines) is 1. The van der Waals surface area contributed by atoms with Gasteiger partial charge in [-0.25, -0.2) is 0 Å². The van der Waals surface area contributed by atoms with Gasteiger partial charge in [0.05, 0.1) is 6.54 Å². The highest BCUT2D eigenvalue weighted by Gasteiger charge is 2.23. The topological polar surface area (TPSA) is 44.4 Å². The molecule has 1 heterocycles. The quantitative estimate of drug-likeness (QED) is 0.739. The summed E-state index contributed by atoms with van der Waals surface area (Å²) >= 11 is 0. The van der Waals surface area contributed by atoms with Gasteiger partial charge in [0, 0.05) is 25.7 Å². The number of carbonyl (C=O) groups is 1. The molecular weight excluding hydrogens is 250 g/mol. The molecule has 0 bridgehead atoms. The molecule has 1 aromatic carbocycles. The van der Waals surface area contributed by atoms with E-state index in [9.17, 15) is 4.79 Å². The second-order valence-corrected chi connectivity index (χ2v) is 5.45. The molecule has 0 spiro atoms. The number of nitrogens with zero attached hydrogens (tertiary/aromatic N) is 1. The molecule has 4 heteroatoms. The fourth-order valence-electron chi connectivity index (χ4n) is 2.59. The highest BCUT2D eigenvalue weighted by atomic mass is 16.2. The van der Waals surface area contributed by atoms with Gasteiger partial charge in [-0.05, 0) is 24.9 Å². The molecule has 1 atom stereocenters. The van der Waals surface area contributed by atoms with Gasteiger partial charge in [-0.15, -0.1) is 0 Å². The summed E-state index contributed by atoms with van der Waals surface area (Å²) in [6.45, 7) is 6.42. The molecule has 0 aromatic heterocycles. The van der Waals surface area contributed by atoms with E-state index < -0.39 is 0 Å². The smallest absolute Gasteiger partial charge is 0.234 e. The zero-order valence-electron chi connectivity index (χ0n) is 12.3. The second kappa shape index (κ2) is 8.02. The molecule has 110 valence electrons. The van der Waals surface area contributed by atoms with Crippen LogP contribution in [-0.4, -0.2) is 43.0 Å². The lowest BCUT2D eigenvalue weighted by Gasteiger charge is -2.17. The summed E-state index contributed by atoms with van der Waals surface area (Å²) in [7, 11) is 0. The summed E-state index contributed by atoms with van der Waals surface area (Å²) in [5.74, 6) is 0.116. The van der Waals surface area contributed by atoms with Crippen molar-refractivity contribution in [1.82, 2.24) is 15.5 Å². The molecule has 1 unspecified atom stereocenters. The van der Waals surface area contributed by atoms with Crippen LogP contribution in [0.2, 0.25) is 0 Å². The minimum atomic E-state index is 0.116. The Labute approximate surface area is 121 Å². The number of hydrogen-bond donors (Lipinski definition) is 2. The van der Waals surface area contributed by atoms with Gasteiger partial charge < -0.3 is 10.6 Å². The van der Waals surface area contributed by atoms with Crippen molar-refractivity contribution < 1.29 is 4.79 Å². The van der Waals surface area contributed by atoms with E-state index in [1.165, 1.54) is 5.56 Å². The monoisotopic (exact) mass is 275 g/mol. The Morgan fingerprint density at radius 1 is 1.35 bits per heavy atom. The molecule has 0 aliphatic carbocycles. The van der Waals surface area contributed by atoms with Crippen molar-refractivity contribution in [3.63, 3.8) is 0 Å². The number of amides is 1. The van der Waals surface area contributed by atoms with Crippen molar-refractivity contribution in [3.05, 3.63) is 35.9 Å². The summed E-state index contributed by atoms with van der Waals surface area (Å²) < 4.78 is 0. The molecule has 2 rings (SSSR count). The lowest BCUT2D eigenvalue weighted by molar-refractivity contribution is -0.120. The third-order valence-electron chi connectivity index (χ3n) is 3.60. The van der Waals surface area contributed by atoms with Crippen LogP contribution in [0.4, 0.5) is 0 Å². The van der Waals surface area contributed by atoms with Crippen LogP contribution >= 0.6 is 0 Å². The zero-order valence-corrected chi connectivity index (χ0v) is 12.3. The summed E-state index contributed by atoms with van der Waals surface area (Å²) in [4.78, 5) is 14.1. The maximum Gasteiger partial charge on any atom is 0.234 e. The Morgan fingerprint density at radius 2 is 2.15 bits per heavy atom. The van der Waals surface area contributed by atoms with Gasteiger partial charge in [0.2, 0.25) is 5.91 Å². The second-order valence-electron chi connectivity index (χ2n) is 5.45. The third-order valence-corrected chi connectivity index (χ3v) is 3.60. The van der Waals surface area contributed by atoms with Crippen molar-refractivity contribution in [2.45, 2.75) is 32.4 Å². The maximum absolute atomic E-state index is 11.7. The number of nitrogens with one attached hydrogen (secondary N) is 2. The highest BCUT2D eigenvalue weighted by molar-refractivity contribution is 5.78. The summed E-state index contributed by atoms with van der Waals surface area (Å²) in [5, 5.41) is 6.24. The Kier molecular flexibility index (Phi) is 6.02. The number of carbonyl (C=O) groups excluding carboxylic acids is 1. The minimum Gasteiger partial charge on any atom is -0.351 e. The van der Waals surface area contributed by atoms with Crippen LogP contribution < -0.4 is 10.6 Å². The first-order valence-corrected chi connectivity index (χ1v) is 7.54. The van der Waals surface area contributed by atoms with Crippen LogP contribution in [0.5, 0.6) is 0 Å². The van der Waals surface area contributed by atoms with Crippen LogP contribution in [-0.2, 0) is 11.3 Å². The van der Waals surface area contributed by atoms with Gasteiger partial charge in [0.15, 0.2) is 0 Å². The average molecular weight is 275 g/mol. The van der Waals surface area contributed by atoms with E-state index in [1.807, 2.05) is 6.07 Å².